The summed E-state index contributed by atoms with van der Waals surface area (Å²) in [6, 6.07) is 8.99. The minimum absolute atomic E-state index is 0.403. The maximum atomic E-state index is 5.31. The van der Waals surface area contributed by atoms with Crippen molar-refractivity contribution in [1.29, 1.82) is 0 Å². The van der Waals surface area contributed by atoms with Crippen LogP contribution >= 0.6 is 0 Å². The normalized spacial score (nSPS) is 13.2. The summed E-state index contributed by atoms with van der Waals surface area (Å²) in [7, 11) is 1.73. The molecule has 1 N–H and O–H groups in total. The van der Waals surface area contributed by atoms with Gasteiger partial charge in [-0.3, -0.25) is 0 Å². The first kappa shape index (κ1) is 17.0. The maximum Gasteiger partial charge on any atom is 0.119 e. The predicted octanol–water partition coefficient (Wildman–Crippen LogP) is 4.43. The zero-order valence-electron chi connectivity index (χ0n) is 13.8. The van der Waals surface area contributed by atoms with Gasteiger partial charge in [0, 0.05) is 6.04 Å². The zero-order valence-corrected chi connectivity index (χ0v) is 13.8. The van der Waals surface area contributed by atoms with Crippen LogP contribution in [0.4, 0.5) is 0 Å². The quantitative estimate of drug-likeness (QED) is 0.759. The van der Waals surface area contributed by atoms with Crippen LogP contribution in [0.5, 0.6) is 5.75 Å². The Bertz CT molecular complexity index is 381. The minimum Gasteiger partial charge on any atom is -0.497 e. The molecule has 20 heavy (non-hydrogen) atoms. The van der Waals surface area contributed by atoms with Crippen molar-refractivity contribution in [3.63, 3.8) is 0 Å². The van der Waals surface area contributed by atoms with Crippen molar-refractivity contribution < 1.29 is 4.74 Å². The van der Waals surface area contributed by atoms with Gasteiger partial charge in [0.2, 0.25) is 0 Å². The van der Waals surface area contributed by atoms with Crippen LogP contribution in [0.2, 0.25) is 0 Å². The lowest BCUT2D eigenvalue weighted by Gasteiger charge is -2.24. The Morgan fingerprint density at radius 2 is 2.00 bits per heavy atom. The van der Waals surface area contributed by atoms with Gasteiger partial charge in [-0.05, 0) is 55.3 Å². The molecule has 0 radical (unpaired) electrons. The molecule has 0 saturated carbocycles. The van der Waals surface area contributed by atoms with Crippen molar-refractivity contribution in [3.8, 4) is 5.75 Å². The maximum absolute atomic E-state index is 5.31. The van der Waals surface area contributed by atoms with Crippen molar-refractivity contribution in [2.75, 3.05) is 13.7 Å². The number of methoxy groups -OCH3 is 1. The molecule has 0 heterocycles. The molecule has 0 amide bonds. The van der Waals surface area contributed by atoms with Crippen LogP contribution in [0.25, 0.3) is 0 Å². The van der Waals surface area contributed by atoms with E-state index in [9.17, 15) is 0 Å². The first-order valence-corrected chi connectivity index (χ1v) is 7.81. The van der Waals surface area contributed by atoms with Gasteiger partial charge >= 0.3 is 0 Å². The zero-order chi connectivity index (χ0) is 15.0. The van der Waals surface area contributed by atoms with Crippen molar-refractivity contribution in [1.82, 2.24) is 5.32 Å². The molecule has 0 spiro atoms. The average molecular weight is 277 g/mol. The van der Waals surface area contributed by atoms with Gasteiger partial charge in [0.25, 0.3) is 0 Å². The monoisotopic (exact) mass is 277 g/mol. The molecule has 0 saturated heterocycles. The van der Waals surface area contributed by atoms with Crippen molar-refractivity contribution in [2.45, 2.75) is 59.4 Å². The molecule has 0 aliphatic heterocycles. The smallest absolute Gasteiger partial charge is 0.119 e. The Hall–Kier alpha value is -1.02. The van der Waals surface area contributed by atoms with Gasteiger partial charge in [-0.2, -0.15) is 0 Å². The fourth-order valence-electron chi connectivity index (χ4n) is 2.32. The third kappa shape index (κ3) is 6.95. The highest BCUT2D eigenvalue weighted by atomic mass is 16.5. The highest BCUT2D eigenvalue weighted by Gasteiger charge is 2.15. The Balaban J connectivity index is 2.62. The van der Waals surface area contributed by atoms with Gasteiger partial charge in [0.05, 0.1) is 7.11 Å². The van der Waals surface area contributed by atoms with E-state index >= 15 is 0 Å². The third-order valence-electron chi connectivity index (χ3n) is 3.54. The summed E-state index contributed by atoms with van der Waals surface area (Å²) in [6.07, 6.45) is 4.73. The van der Waals surface area contributed by atoms with Crippen molar-refractivity contribution in [2.24, 2.45) is 5.41 Å². The molecule has 0 fully saturated rings. The molecule has 114 valence electrons. The minimum atomic E-state index is 0.403. The van der Waals surface area contributed by atoms with E-state index in [-0.39, 0.29) is 0 Å². The second-order valence-corrected chi connectivity index (χ2v) is 6.81. The molecular formula is C18H31NO. The number of rotatable bonds is 8. The summed E-state index contributed by atoms with van der Waals surface area (Å²) in [6.45, 7) is 10.3. The van der Waals surface area contributed by atoms with Gasteiger partial charge in [0.1, 0.15) is 5.75 Å². The van der Waals surface area contributed by atoms with E-state index in [0.29, 0.717) is 11.5 Å². The highest BCUT2D eigenvalue weighted by molar-refractivity contribution is 5.28. The van der Waals surface area contributed by atoms with E-state index in [1.54, 1.807) is 7.11 Å². The molecule has 0 bridgehead atoms. The molecule has 0 aliphatic rings. The summed E-state index contributed by atoms with van der Waals surface area (Å²) >= 11 is 0. The van der Waals surface area contributed by atoms with E-state index < -0.39 is 0 Å². The van der Waals surface area contributed by atoms with Crippen LogP contribution in [-0.2, 0) is 6.42 Å². The van der Waals surface area contributed by atoms with E-state index in [0.717, 1.165) is 18.7 Å². The fourth-order valence-corrected chi connectivity index (χ4v) is 2.32. The van der Waals surface area contributed by atoms with Crippen LogP contribution in [0.3, 0.4) is 0 Å². The van der Waals surface area contributed by atoms with E-state index in [4.69, 9.17) is 4.74 Å². The van der Waals surface area contributed by atoms with Crippen LogP contribution in [0, 0.1) is 5.41 Å². The Kier molecular flexibility index (Phi) is 7.08. The van der Waals surface area contributed by atoms with Crippen LogP contribution in [0.1, 0.15) is 52.5 Å². The Morgan fingerprint density at radius 3 is 2.60 bits per heavy atom. The molecule has 1 aromatic carbocycles. The highest BCUT2D eigenvalue weighted by Crippen LogP contribution is 2.23. The van der Waals surface area contributed by atoms with Gasteiger partial charge in [-0.15, -0.1) is 0 Å². The lowest BCUT2D eigenvalue weighted by molar-refractivity contribution is 0.328. The summed E-state index contributed by atoms with van der Waals surface area (Å²) in [5.41, 5.74) is 1.76. The fraction of sp³-hybridized carbons (Fsp3) is 0.667. The molecule has 1 rings (SSSR count). The van der Waals surface area contributed by atoms with Crippen molar-refractivity contribution >= 4 is 0 Å². The number of nitrogens with one attached hydrogen (secondary N) is 1. The van der Waals surface area contributed by atoms with E-state index in [1.807, 2.05) is 6.07 Å². The average Bonchev–Trinajstić information content (AvgIpc) is 2.41. The number of ether oxygens (including phenoxy) is 1. The molecule has 1 aromatic rings. The van der Waals surface area contributed by atoms with Crippen LogP contribution in [0.15, 0.2) is 24.3 Å². The molecule has 0 aromatic heterocycles. The van der Waals surface area contributed by atoms with Crippen LogP contribution in [-0.4, -0.2) is 19.7 Å². The number of hydrogen-bond donors (Lipinski definition) is 1. The predicted molar refractivity (Wildman–Crippen MR) is 87.5 cm³/mol. The SMILES string of the molecule is CCCNC(CCC(C)(C)C)Cc1cccc(OC)c1. The summed E-state index contributed by atoms with van der Waals surface area (Å²) < 4.78 is 5.31. The Labute approximate surface area is 124 Å². The largest absolute Gasteiger partial charge is 0.497 e. The van der Waals surface area contributed by atoms with E-state index in [1.165, 1.54) is 24.8 Å². The second-order valence-electron chi connectivity index (χ2n) is 6.81. The van der Waals surface area contributed by atoms with Crippen molar-refractivity contribution in [3.05, 3.63) is 29.8 Å². The van der Waals surface area contributed by atoms with Crippen LogP contribution < -0.4 is 10.1 Å². The van der Waals surface area contributed by atoms with Gasteiger partial charge in [-0.25, -0.2) is 0 Å². The lowest BCUT2D eigenvalue weighted by atomic mass is 9.87. The molecule has 2 heteroatoms. The number of benzene rings is 1. The van der Waals surface area contributed by atoms with Gasteiger partial charge < -0.3 is 10.1 Å². The summed E-state index contributed by atoms with van der Waals surface area (Å²) in [5, 5.41) is 3.69. The molecule has 1 atom stereocenters. The standard InChI is InChI=1S/C18H31NO/c1-6-12-19-16(10-11-18(2,3)4)13-15-8-7-9-17(14-15)20-5/h7-9,14,16,19H,6,10-13H2,1-5H3. The topological polar surface area (TPSA) is 21.3 Å². The second kappa shape index (κ2) is 8.31. The summed E-state index contributed by atoms with van der Waals surface area (Å²) in [4.78, 5) is 0. The molecule has 2 nitrogen and oxygen atoms in total. The van der Waals surface area contributed by atoms with E-state index in [2.05, 4.69) is 51.2 Å². The first-order valence-electron chi connectivity index (χ1n) is 7.81. The molecule has 0 aliphatic carbocycles. The summed E-state index contributed by atoms with van der Waals surface area (Å²) in [5.74, 6) is 0.951. The van der Waals surface area contributed by atoms with Gasteiger partial charge in [0.15, 0.2) is 0 Å². The lowest BCUT2D eigenvalue weighted by Crippen LogP contribution is -2.32. The molecule has 1 unspecified atom stereocenters. The molecular weight excluding hydrogens is 246 g/mol. The Morgan fingerprint density at radius 1 is 1.25 bits per heavy atom. The first-order chi connectivity index (χ1) is 9.44. The number of hydrogen-bond acceptors (Lipinski definition) is 2. The van der Waals surface area contributed by atoms with Gasteiger partial charge in [-0.1, -0.05) is 39.8 Å². The third-order valence-corrected chi connectivity index (χ3v) is 3.54.